The van der Waals surface area contributed by atoms with Crippen LogP contribution in [0, 0.1) is 17.8 Å². The molecule has 3 aliphatic rings. The number of carbonyl (C=O) groups is 3. The summed E-state index contributed by atoms with van der Waals surface area (Å²) in [7, 11) is 1.48. The van der Waals surface area contributed by atoms with Gasteiger partial charge in [0, 0.05) is 30.1 Å². The normalized spacial score (nSPS) is 31.1. The van der Waals surface area contributed by atoms with E-state index in [1.54, 1.807) is 0 Å². The standard InChI is InChI=1S/C21H24O8/c1-29-13-4-2-3-9-15(13)21(28)17-16(18(9)25)19(26)10-5-8(12(24)7-22)6-11(23)14(10)20(17)27/h8-9,11,13,15,22-23,26-27H,2-7H2,1H3/t8?,9?,11-,13?,15?/m0/s1. The Kier molecular flexibility index (Phi) is 4.96. The largest absolute Gasteiger partial charge is 0.507 e. The number of rotatable bonds is 3. The van der Waals surface area contributed by atoms with Crippen molar-refractivity contribution in [3.8, 4) is 11.5 Å². The van der Waals surface area contributed by atoms with Crippen LogP contribution in [0.4, 0.5) is 0 Å². The Balaban J connectivity index is 1.90. The summed E-state index contributed by atoms with van der Waals surface area (Å²) in [5.41, 5.74) is -0.422. The first kappa shape index (κ1) is 20.0. The maximum Gasteiger partial charge on any atom is 0.173 e. The number of ketones is 3. The summed E-state index contributed by atoms with van der Waals surface area (Å²) in [6.07, 6.45) is -0.0236. The first-order valence-corrected chi connectivity index (χ1v) is 9.85. The summed E-state index contributed by atoms with van der Waals surface area (Å²) in [5, 5.41) is 41.4. The molecule has 29 heavy (non-hydrogen) atoms. The maximum atomic E-state index is 13.3. The van der Waals surface area contributed by atoms with Gasteiger partial charge < -0.3 is 25.2 Å². The van der Waals surface area contributed by atoms with Crippen molar-refractivity contribution in [2.75, 3.05) is 13.7 Å². The highest BCUT2D eigenvalue weighted by Crippen LogP contribution is 2.52. The van der Waals surface area contributed by atoms with Crippen molar-refractivity contribution in [2.45, 2.75) is 44.3 Å². The molecular formula is C21H24O8. The number of phenolic OH excluding ortho intramolecular Hbond substituents is 2. The van der Waals surface area contributed by atoms with Crippen molar-refractivity contribution >= 4 is 17.3 Å². The van der Waals surface area contributed by atoms with Crippen LogP contribution in [0.1, 0.15) is 63.6 Å². The number of aliphatic hydroxyl groups is 2. The number of ether oxygens (including phenoxy) is 1. The van der Waals surface area contributed by atoms with Crippen molar-refractivity contribution in [3.63, 3.8) is 0 Å². The fourth-order valence-corrected chi connectivity index (χ4v) is 5.35. The molecule has 1 fully saturated rings. The molecule has 156 valence electrons. The SMILES string of the molecule is COC1CCCC2C(=O)c3c(O)c4c(c(O)c3C(=O)C12)[C@@H](O)CC(C(=O)CO)C4. The number of methoxy groups -OCH3 is 1. The number of carbonyl (C=O) groups excluding carboxylic acids is 3. The van der Waals surface area contributed by atoms with E-state index >= 15 is 0 Å². The minimum absolute atomic E-state index is 0.0207. The van der Waals surface area contributed by atoms with Gasteiger partial charge in [0.1, 0.15) is 18.1 Å². The lowest BCUT2D eigenvalue weighted by Gasteiger charge is -2.40. The zero-order valence-electron chi connectivity index (χ0n) is 16.1. The minimum Gasteiger partial charge on any atom is -0.507 e. The van der Waals surface area contributed by atoms with Gasteiger partial charge in [0.05, 0.1) is 29.3 Å². The Bertz CT molecular complexity index is 905. The highest BCUT2D eigenvalue weighted by Gasteiger charge is 2.51. The summed E-state index contributed by atoms with van der Waals surface area (Å²) in [6.45, 7) is -0.704. The average Bonchev–Trinajstić information content (AvgIpc) is 2.72. The van der Waals surface area contributed by atoms with Gasteiger partial charge in [-0.25, -0.2) is 0 Å². The van der Waals surface area contributed by atoms with Crippen LogP contribution in [0.2, 0.25) is 0 Å². The molecule has 4 rings (SSSR count). The highest BCUT2D eigenvalue weighted by atomic mass is 16.5. The number of hydrogen-bond donors (Lipinski definition) is 4. The van der Waals surface area contributed by atoms with E-state index in [0.29, 0.717) is 19.3 Å². The van der Waals surface area contributed by atoms with Gasteiger partial charge in [-0.2, -0.15) is 0 Å². The summed E-state index contributed by atoms with van der Waals surface area (Å²) in [4.78, 5) is 38.4. The van der Waals surface area contributed by atoms with E-state index in [2.05, 4.69) is 0 Å². The number of aliphatic hydroxyl groups excluding tert-OH is 2. The van der Waals surface area contributed by atoms with E-state index in [-0.39, 0.29) is 35.1 Å². The molecule has 8 nitrogen and oxygen atoms in total. The van der Waals surface area contributed by atoms with Crippen molar-refractivity contribution < 1.29 is 39.5 Å². The molecule has 4 N–H and O–H groups in total. The van der Waals surface area contributed by atoms with Crippen LogP contribution in [0.3, 0.4) is 0 Å². The number of Topliss-reactive ketones (excluding diaryl/α,β-unsaturated/α-hetero) is 3. The molecule has 3 aliphatic carbocycles. The second-order valence-electron chi connectivity index (χ2n) is 8.18. The van der Waals surface area contributed by atoms with Gasteiger partial charge in [-0.15, -0.1) is 0 Å². The van der Waals surface area contributed by atoms with Crippen LogP contribution >= 0.6 is 0 Å². The molecule has 0 radical (unpaired) electrons. The van der Waals surface area contributed by atoms with Crippen LogP contribution in [-0.4, -0.2) is 57.6 Å². The third-order valence-corrected chi connectivity index (χ3v) is 6.77. The summed E-state index contributed by atoms with van der Waals surface area (Å²) >= 11 is 0. The molecule has 0 aromatic heterocycles. The molecule has 8 heteroatoms. The number of hydrogen-bond acceptors (Lipinski definition) is 8. The Hall–Kier alpha value is -2.29. The zero-order chi connectivity index (χ0) is 21.0. The predicted octanol–water partition coefficient (Wildman–Crippen LogP) is 1.07. The molecule has 1 saturated carbocycles. The average molecular weight is 404 g/mol. The van der Waals surface area contributed by atoms with Crippen LogP contribution in [-0.2, 0) is 16.0 Å². The molecule has 0 spiro atoms. The second kappa shape index (κ2) is 7.19. The fraction of sp³-hybridized carbons (Fsp3) is 0.571. The van der Waals surface area contributed by atoms with Crippen molar-refractivity contribution in [2.24, 2.45) is 17.8 Å². The second-order valence-corrected chi connectivity index (χ2v) is 8.18. The lowest BCUT2D eigenvalue weighted by Crippen LogP contribution is -2.46. The summed E-state index contributed by atoms with van der Waals surface area (Å²) in [6, 6.07) is 0. The van der Waals surface area contributed by atoms with E-state index in [1.165, 1.54) is 7.11 Å². The zero-order valence-corrected chi connectivity index (χ0v) is 16.1. The van der Waals surface area contributed by atoms with Gasteiger partial charge in [0.25, 0.3) is 0 Å². The molecule has 0 aliphatic heterocycles. The van der Waals surface area contributed by atoms with E-state index < -0.39 is 65.4 Å². The Morgan fingerprint density at radius 3 is 2.45 bits per heavy atom. The van der Waals surface area contributed by atoms with Crippen LogP contribution in [0.25, 0.3) is 0 Å². The minimum atomic E-state index is -1.30. The third kappa shape index (κ3) is 2.81. The van der Waals surface area contributed by atoms with Gasteiger partial charge in [-0.05, 0) is 25.7 Å². The molecule has 1 aromatic carbocycles. The quantitative estimate of drug-likeness (QED) is 0.548. The van der Waals surface area contributed by atoms with E-state index in [0.717, 1.165) is 0 Å². The highest BCUT2D eigenvalue weighted by molar-refractivity contribution is 6.19. The molecule has 0 bridgehead atoms. The van der Waals surface area contributed by atoms with Crippen LogP contribution in [0.5, 0.6) is 11.5 Å². The maximum absolute atomic E-state index is 13.3. The number of fused-ring (bicyclic) bond motifs is 3. The van der Waals surface area contributed by atoms with Gasteiger partial charge in [0.2, 0.25) is 0 Å². The van der Waals surface area contributed by atoms with Crippen molar-refractivity contribution in [1.29, 1.82) is 0 Å². The Labute approximate surface area is 167 Å². The number of phenols is 2. The van der Waals surface area contributed by atoms with Crippen molar-refractivity contribution in [1.82, 2.24) is 0 Å². The number of aromatic hydroxyl groups is 2. The third-order valence-electron chi connectivity index (χ3n) is 6.77. The Morgan fingerprint density at radius 2 is 1.79 bits per heavy atom. The fourth-order valence-electron chi connectivity index (χ4n) is 5.35. The smallest absolute Gasteiger partial charge is 0.173 e. The van der Waals surface area contributed by atoms with Gasteiger partial charge in [-0.3, -0.25) is 14.4 Å². The first-order valence-electron chi connectivity index (χ1n) is 9.85. The summed E-state index contributed by atoms with van der Waals surface area (Å²) < 4.78 is 5.42. The molecule has 0 heterocycles. The van der Waals surface area contributed by atoms with E-state index in [9.17, 15) is 29.7 Å². The molecule has 1 aromatic rings. The lowest BCUT2D eigenvalue weighted by molar-refractivity contribution is -0.127. The molecule has 0 saturated heterocycles. The molecular weight excluding hydrogens is 380 g/mol. The monoisotopic (exact) mass is 404 g/mol. The lowest BCUT2D eigenvalue weighted by atomic mass is 9.64. The predicted molar refractivity (Wildman–Crippen MR) is 98.9 cm³/mol. The van der Waals surface area contributed by atoms with Gasteiger partial charge in [-0.1, -0.05) is 6.42 Å². The van der Waals surface area contributed by atoms with Crippen LogP contribution < -0.4 is 0 Å². The van der Waals surface area contributed by atoms with E-state index in [1.807, 2.05) is 0 Å². The number of benzene rings is 1. The van der Waals surface area contributed by atoms with Crippen LogP contribution in [0.15, 0.2) is 0 Å². The van der Waals surface area contributed by atoms with Gasteiger partial charge >= 0.3 is 0 Å². The van der Waals surface area contributed by atoms with E-state index in [4.69, 9.17) is 9.84 Å². The van der Waals surface area contributed by atoms with Gasteiger partial charge in [0.15, 0.2) is 17.3 Å². The molecule has 4 unspecified atom stereocenters. The van der Waals surface area contributed by atoms with Crippen molar-refractivity contribution in [3.05, 3.63) is 22.3 Å². The summed E-state index contributed by atoms with van der Waals surface area (Å²) in [5.74, 6) is -4.47. The topological polar surface area (TPSA) is 141 Å². The Morgan fingerprint density at radius 1 is 1.10 bits per heavy atom. The molecule has 5 atom stereocenters. The molecule has 0 amide bonds. The first-order chi connectivity index (χ1) is 13.8.